The first-order valence-electron chi connectivity index (χ1n) is 9.94. The Morgan fingerprint density at radius 2 is 1.39 bits per heavy atom. The largest absolute Gasteiger partial charge is 0.457 e. The molecule has 150 valence electrons. The lowest BCUT2D eigenvalue weighted by Crippen LogP contribution is -2.37. The number of carbonyl (C=O) groups excluding carboxylic acids is 2. The molecule has 2 aromatic rings. The molecule has 0 aliphatic heterocycles. The molecule has 28 heavy (non-hydrogen) atoms. The minimum Gasteiger partial charge on any atom is -0.457 e. The van der Waals surface area contributed by atoms with Gasteiger partial charge in [0.1, 0.15) is 11.5 Å². The van der Waals surface area contributed by atoms with E-state index in [2.05, 4.69) is 13.8 Å². The van der Waals surface area contributed by atoms with Gasteiger partial charge < -0.3 is 14.5 Å². The molecular weight excluding hydrogens is 352 g/mol. The van der Waals surface area contributed by atoms with E-state index in [4.69, 9.17) is 4.74 Å². The van der Waals surface area contributed by atoms with Gasteiger partial charge in [-0.15, -0.1) is 0 Å². The lowest BCUT2D eigenvalue weighted by molar-refractivity contribution is -0.131. The lowest BCUT2D eigenvalue weighted by atomic mass is 10.2. The number of nitrogens with zero attached hydrogens (tertiary/aromatic N) is 2. The van der Waals surface area contributed by atoms with Crippen molar-refractivity contribution in [2.24, 2.45) is 0 Å². The van der Waals surface area contributed by atoms with Crippen LogP contribution >= 0.6 is 0 Å². The van der Waals surface area contributed by atoms with E-state index in [9.17, 15) is 9.59 Å². The van der Waals surface area contributed by atoms with Crippen molar-refractivity contribution in [2.75, 3.05) is 24.5 Å². The highest BCUT2D eigenvalue weighted by Crippen LogP contribution is 2.24. The van der Waals surface area contributed by atoms with Gasteiger partial charge in [-0.25, -0.2) is 0 Å². The van der Waals surface area contributed by atoms with E-state index in [1.165, 1.54) is 6.92 Å². The third-order valence-corrected chi connectivity index (χ3v) is 4.40. The maximum atomic E-state index is 12.5. The van der Waals surface area contributed by atoms with Gasteiger partial charge in [0.2, 0.25) is 11.8 Å². The van der Waals surface area contributed by atoms with Crippen molar-refractivity contribution in [3.63, 3.8) is 0 Å². The summed E-state index contributed by atoms with van der Waals surface area (Å²) in [6, 6.07) is 16.9. The minimum absolute atomic E-state index is 0.0814. The number of anilines is 1. The summed E-state index contributed by atoms with van der Waals surface area (Å²) in [6.45, 7) is 7.55. The van der Waals surface area contributed by atoms with E-state index in [0.29, 0.717) is 18.7 Å². The zero-order valence-corrected chi connectivity index (χ0v) is 17.1. The number of rotatable bonds is 10. The van der Waals surface area contributed by atoms with Crippen molar-refractivity contribution in [2.45, 2.75) is 40.0 Å². The topological polar surface area (TPSA) is 49.9 Å². The molecule has 0 spiro atoms. The second-order valence-corrected chi connectivity index (χ2v) is 6.71. The van der Waals surface area contributed by atoms with Crippen LogP contribution in [0, 0.1) is 0 Å². The van der Waals surface area contributed by atoms with Gasteiger partial charge in [0.15, 0.2) is 0 Å². The second kappa shape index (κ2) is 11.1. The quantitative estimate of drug-likeness (QED) is 0.589. The number of hydrogen-bond donors (Lipinski definition) is 0. The van der Waals surface area contributed by atoms with Crippen LogP contribution in [0.5, 0.6) is 11.5 Å². The van der Waals surface area contributed by atoms with E-state index in [1.54, 1.807) is 4.90 Å². The highest BCUT2D eigenvalue weighted by molar-refractivity contribution is 5.92. The molecule has 0 unspecified atom stereocenters. The number of hydrogen-bond acceptors (Lipinski definition) is 3. The monoisotopic (exact) mass is 382 g/mol. The predicted molar refractivity (Wildman–Crippen MR) is 113 cm³/mol. The van der Waals surface area contributed by atoms with Crippen LogP contribution < -0.4 is 9.64 Å². The fraction of sp³-hybridized carbons (Fsp3) is 0.391. The van der Waals surface area contributed by atoms with Crippen LogP contribution in [0.15, 0.2) is 54.6 Å². The first-order valence-corrected chi connectivity index (χ1v) is 9.94. The summed E-state index contributed by atoms with van der Waals surface area (Å²) < 4.78 is 5.79. The van der Waals surface area contributed by atoms with Crippen molar-refractivity contribution >= 4 is 17.5 Å². The number of carbonyl (C=O) groups is 2. The first kappa shape index (κ1) is 21.5. The summed E-state index contributed by atoms with van der Waals surface area (Å²) in [5, 5.41) is 0. The highest BCUT2D eigenvalue weighted by atomic mass is 16.5. The SMILES string of the molecule is CCCN(CCC)C(=O)CCN(C(C)=O)c1ccc(Oc2ccccc2)cc1. The highest BCUT2D eigenvalue weighted by Gasteiger charge is 2.17. The molecule has 2 amide bonds. The molecule has 5 heteroatoms. The summed E-state index contributed by atoms with van der Waals surface area (Å²) in [5.41, 5.74) is 0.762. The van der Waals surface area contributed by atoms with Crippen molar-refractivity contribution < 1.29 is 14.3 Å². The Balaban J connectivity index is 2.01. The molecule has 0 saturated heterocycles. The molecule has 0 heterocycles. The van der Waals surface area contributed by atoms with Crippen LogP contribution in [-0.4, -0.2) is 36.3 Å². The van der Waals surface area contributed by atoms with Gasteiger partial charge in [-0.05, 0) is 49.2 Å². The van der Waals surface area contributed by atoms with Crippen LogP contribution in [0.4, 0.5) is 5.69 Å². The van der Waals surface area contributed by atoms with E-state index < -0.39 is 0 Å². The Kier molecular flexibility index (Phi) is 8.53. The zero-order chi connectivity index (χ0) is 20.4. The molecular formula is C23H30N2O3. The Labute approximate surface area is 167 Å². The fourth-order valence-electron chi connectivity index (χ4n) is 3.05. The van der Waals surface area contributed by atoms with Gasteiger partial charge in [-0.2, -0.15) is 0 Å². The minimum atomic E-state index is -0.0814. The number of amides is 2. The van der Waals surface area contributed by atoms with Gasteiger partial charge in [0.25, 0.3) is 0 Å². The molecule has 2 rings (SSSR count). The normalized spacial score (nSPS) is 10.4. The van der Waals surface area contributed by atoms with E-state index in [0.717, 1.165) is 37.4 Å². The second-order valence-electron chi connectivity index (χ2n) is 6.71. The molecule has 0 aliphatic carbocycles. The molecule has 5 nitrogen and oxygen atoms in total. The van der Waals surface area contributed by atoms with Crippen molar-refractivity contribution in [3.05, 3.63) is 54.6 Å². The van der Waals surface area contributed by atoms with Crippen LogP contribution in [0.3, 0.4) is 0 Å². The summed E-state index contributed by atoms with van der Waals surface area (Å²) >= 11 is 0. The molecule has 0 N–H and O–H groups in total. The van der Waals surface area contributed by atoms with Gasteiger partial charge in [-0.1, -0.05) is 32.0 Å². The average molecular weight is 383 g/mol. The molecule has 0 fully saturated rings. The molecule has 0 aromatic heterocycles. The summed E-state index contributed by atoms with van der Waals surface area (Å²) in [4.78, 5) is 28.2. The average Bonchev–Trinajstić information content (AvgIpc) is 2.69. The van der Waals surface area contributed by atoms with Crippen molar-refractivity contribution in [1.82, 2.24) is 4.90 Å². The Hall–Kier alpha value is -2.82. The van der Waals surface area contributed by atoms with E-state index in [1.807, 2.05) is 59.5 Å². The molecule has 2 aromatic carbocycles. The third-order valence-electron chi connectivity index (χ3n) is 4.40. The summed E-state index contributed by atoms with van der Waals surface area (Å²) in [7, 11) is 0. The number of ether oxygens (including phenoxy) is 1. The Morgan fingerprint density at radius 1 is 0.821 bits per heavy atom. The number of benzene rings is 2. The van der Waals surface area contributed by atoms with Gasteiger partial charge >= 0.3 is 0 Å². The standard InChI is InChI=1S/C23H30N2O3/c1-4-16-24(17-5-2)23(27)15-18-25(19(3)26)20-11-13-22(14-12-20)28-21-9-7-6-8-10-21/h6-14H,4-5,15-18H2,1-3H3. The predicted octanol–water partition coefficient (Wildman–Crippen LogP) is 4.87. The molecule has 0 atom stereocenters. The molecule has 0 radical (unpaired) electrons. The summed E-state index contributed by atoms with van der Waals surface area (Å²) in [5.74, 6) is 1.48. The molecule has 0 aliphatic rings. The Morgan fingerprint density at radius 3 is 1.93 bits per heavy atom. The van der Waals surface area contributed by atoms with Crippen molar-refractivity contribution in [3.8, 4) is 11.5 Å². The van der Waals surface area contributed by atoms with Crippen LogP contribution in [0.25, 0.3) is 0 Å². The third kappa shape index (κ3) is 6.41. The zero-order valence-electron chi connectivity index (χ0n) is 17.1. The lowest BCUT2D eigenvalue weighted by Gasteiger charge is -2.25. The van der Waals surface area contributed by atoms with Gasteiger partial charge in [-0.3, -0.25) is 9.59 Å². The maximum Gasteiger partial charge on any atom is 0.224 e. The van der Waals surface area contributed by atoms with Crippen LogP contribution in [-0.2, 0) is 9.59 Å². The fourth-order valence-corrected chi connectivity index (χ4v) is 3.05. The van der Waals surface area contributed by atoms with Crippen LogP contribution in [0.1, 0.15) is 40.0 Å². The maximum absolute atomic E-state index is 12.5. The smallest absolute Gasteiger partial charge is 0.224 e. The van der Waals surface area contributed by atoms with Crippen molar-refractivity contribution in [1.29, 1.82) is 0 Å². The van der Waals surface area contributed by atoms with Gasteiger partial charge in [0.05, 0.1) is 0 Å². The summed E-state index contributed by atoms with van der Waals surface area (Å²) in [6.07, 6.45) is 2.19. The number of para-hydroxylation sites is 1. The first-order chi connectivity index (χ1) is 13.5. The molecule has 0 bridgehead atoms. The van der Waals surface area contributed by atoms with E-state index >= 15 is 0 Å². The van der Waals surface area contributed by atoms with E-state index in [-0.39, 0.29) is 11.8 Å². The van der Waals surface area contributed by atoms with Crippen LogP contribution in [0.2, 0.25) is 0 Å². The Bertz CT molecular complexity index is 738. The molecule has 0 saturated carbocycles. The van der Waals surface area contributed by atoms with Gasteiger partial charge in [0, 0.05) is 38.7 Å².